The number of fused-ring (bicyclic) bond motifs is 1. The van der Waals surface area contributed by atoms with Gasteiger partial charge in [0.2, 0.25) is 11.9 Å². The molecule has 12 heteroatoms. The molecule has 0 unspecified atom stereocenters. The zero-order valence-electron chi connectivity index (χ0n) is 16.7. The summed E-state index contributed by atoms with van der Waals surface area (Å²) in [6, 6.07) is 12.0. The smallest absolute Gasteiger partial charge is 0.264 e. The van der Waals surface area contributed by atoms with Crippen LogP contribution in [-0.4, -0.2) is 42.9 Å². The van der Waals surface area contributed by atoms with E-state index in [0.717, 1.165) is 0 Å². The summed E-state index contributed by atoms with van der Waals surface area (Å²) in [7, 11) is -2.18. The molecule has 0 radical (unpaired) electrons. The Bertz CT molecular complexity index is 1360. The van der Waals surface area contributed by atoms with Crippen molar-refractivity contribution in [2.24, 2.45) is 0 Å². The van der Waals surface area contributed by atoms with Gasteiger partial charge in [-0.05, 0) is 42.5 Å². The van der Waals surface area contributed by atoms with Crippen molar-refractivity contribution in [3.63, 3.8) is 0 Å². The molecule has 4 rings (SSSR count). The first-order valence-corrected chi connectivity index (χ1v) is 11.6. The van der Waals surface area contributed by atoms with Crippen LogP contribution >= 0.6 is 11.3 Å². The number of aromatic nitrogens is 3. The average Bonchev–Trinajstić information content (AvgIpc) is 3.20. The van der Waals surface area contributed by atoms with Crippen LogP contribution in [0.5, 0.6) is 0 Å². The summed E-state index contributed by atoms with van der Waals surface area (Å²) in [4.78, 5) is 25.9. The summed E-state index contributed by atoms with van der Waals surface area (Å²) in [5.41, 5.74) is 0.694. The zero-order valence-corrected chi connectivity index (χ0v) is 18.3. The Morgan fingerprint density at radius 3 is 2.50 bits per heavy atom. The van der Waals surface area contributed by atoms with Gasteiger partial charge in [-0.25, -0.2) is 32.5 Å². The molecule has 4 aromatic rings. The van der Waals surface area contributed by atoms with Crippen LogP contribution in [0.2, 0.25) is 0 Å². The molecular formula is C20H17FN6O3S2. The molecule has 2 aromatic carbocycles. The lowest BCUT2D eigenvalue weighted by molar-refractivity contribution is -0.114. The SMILES string of the molecule is CN(CC(=O)Nc1ccc(S(=O)(=O)Nc2ncccn2)cc1)c1nc2c(F)cccc2s1. The van der Waals surface area contributed by atoms with Crippen molar-refractivity contribution in [2.45, 2.75) is 4.90 Å². The van der Waals surface area contributed by atoms with E-state index in [0.29, 0.717) is 15.5 Å². The van der Waals surface area contributed by atoms with Gasteiger partial charge < -0.3 is 10.2 Å². The van der Waals surface area contributed by atoms with E-state index >= 15 is 0 Å². The highest BCUT2D eigenvalue weighted by atomic mass is 32.2. The van der Waals surface area contributed by atoms with E-state index in [1.54, 1.807) is 30.1 Å². The fraction of sp³-hybridized carbons (Fsp3) is 0.100. The second kappa shape index (κ2) is 8.85. The normalized spacial score (nSPS) is 11.3. The van der Waals surface area contributed by atoms with Crippen molar-refractivity contribution < 1.29 is 17.6 Å². The van der Waals surface area contributed by atoms with Gasteiger partial charge in [0.1, 0.15) is 11.3 Å². The lowest BCUT2D eigenvalue weighted by atomic mass is 10.3. The number of carbonyl (C=O) groups is 1. The average molecular weight is 473 g/mol. The van der Waals surface area contributed by atoms with Gasteiger partial charge >= 0.3 is 0 Å². The van der Waals surface area contributed by atoms with Gasteiger partial charge in [-0.2, -0.15) is 0 Å². The Morgan fingerprint density at radius 2 is 1.81 bits per heavy atom. The number of sulfonamides is 1. The van der Waals surface area contributed by atoms with Gasteiger partial charge in [-0.1, -0.05) is 17.4 Å². The number of nitrogens with zero attached hydrogens (tertiary/aromatic N) is 4. The minimum atomic E-state index is -3.86. The molecule has 2 heterocycles. The zero-order chi connectivity index (χ0) is 22.7. The van der Waals surface area contributed by atoms with Crippen molar-refractivity contribution in [3.05, 3.63) is 66.7 Å². The first kappa shape index (κ1) is 21.6. The Kier molecular flexibility index (Phi) is 5.97. The summed E-state index contributed by atoms with van der Waals surface area (Å²) >= 11 is 1.28. The van der Waals surface area contributed by atoms with E-state index in [1.165, 1.54) is 54.1 Å². The van der Waals surface area contributed by atoms with Crippen LogP contribution in [0.3, 0.4) is 0 Å². The molecule has 0 aliphatic rings. The molecule has 0 spiro atoms. The Balaban J connectivity index is 1.39. The number of likely N-dealkylation sites (N-methyl/N-ethyl adjacent to an activating group) is 1. The Hall–Kier alpha value is -3.64. The number of thiazole rings is 1. The summed E-state index contributed by atoms with van der Waals surface area (Å²) in [5, 5.41) is 3.21. The van der Waals surface area contributed by atoms with Gasteiger partial charge in [0, 0.05) is 25.1 Å². The van der Waals surface area contributed by atoms with Crippen molar-refractivity contribution in [1.29, 1.82) is 0 Å². The van der Waals surface area contributed by atoms with Crippen molar-refractivity contribution >= 4 is 54.3 Å². The maximum Gasteiger partial charge on any atom is 0.264 e. The van der Waals surface area contributed by atoms with E-state index in [-0.39, 0.29) is 28.8 Å². The van der Waals surface area contributed by atoms with Crippen LogP contribution in [0.15, 0.2) is 65.8 Å². The molecular weight excluding hydrogens is 455 g/mol. The molecule has 0 fully saturated rings. The number of anilines is 3. The molecule has 0 aliphatic carbocycles. The lowest BCUT2D eigenvalue weighted by Crippen LogP contribution is -2.29. The van der Waals surface area contributed by atoms with E-state index in [2.05, 4.69) is 25.0 Å². The number of rotatable bonds is 7. The fourth-order valence-corrected chi connectivity index (χ4v) is 4.70. The number of carbonyl (C=O) groups excluding carboxylic acids is 1. The maximum absolute atomic E-state index is 13.8. The molecule has 2 aromatic heterocycles. The van der Waals surface area contributed by atoms with Crippen LogP contribution in [0, 0.1) is 5.82 Å². The van der Waals surface area contributed by atoms with Gasteiger partial charge in [-0.3, -0.25) is 4.79 Å². The monoisotopic (exact) mass is 472 g/mol. The first-order valence-electron chi connectivity index (χ1n) is 9.28. The second-order valence-corrected chi connectivity index (χ2v) is 9.38. The molecule has 0 saturated carbocycles. The van der Waals surface area contributed by atoms with Crippen molar-refractivity contribution in [2.75, 3.05) is 28.5 Å². The van der Waals surface area contributed by atoms with Crippen molar-refractivity contribution in [1.82, 2.24) is 15.0 Å². The highest BCUT2D eigenvalue weighted by molar-refractivity contribution is 7.92. The minimum Gasteiger partial charge on any atom is -0.342 e. The van der Waals surface area contributed by atoms with Crippen molar-refractivity contribution in [3.8, 4) is 0 Å². The third-order valence-corrected chi connectivity index (χ3v) is 6.78. The molecule has 2 N–H and O–H groups in total. The molecule has 0 saturated heterocycles. The van der Waals surface area contributed by atoms with Crippen LogP contribution in [0.1, 0.15) is 0 Å². The molecule has 164 valence electrons. The summed E-state index contributed by atoms with van der Waals surface area (Å²) in [5.74, 6) is -0.785. The third-order valence-electron chi connectivity index (χ3n) is 4.31. The van der Waals surface area contributed by atoms with E-state index in [9.17, 15) is 17.6 Å². The number of benzene rings is 2. The van der Waals surface area contributed by atoms with Gasteiger partial charge in [0.25, 0.3) is 10.0 Å². The van der Waals surface area contributed by atoms with Crippen LogP contribution in [-0.2, 0) is 14.8 Å². The molecule has 9 nitrogen and oxygen atoms in total. The largest absolute Gasteiger partial charge is 0.342 e. The Labute approximate surface area is 187 Å². The number of nitrogens with one attached hydrogen (secondary N) is 2. The highest BCUT2D eigenvalue weighted by Crippen LogP contribution is 2.29. The molecule has 0 atom stereocenters. The fourth-order valence-electron chi connectivity index (χ4n) is 2.80. The molecule has 1 amide bonds. The standard InChI is InChI=1S/C20H17FN6O3S2/c1-27(20-25-18-15(21)4-2-5-16(18)31-20)12-17(28)24-13-6-8-14(9-7-13)32(29,30)26-19-22-10-3-11-23-19/h2-11H,12H2,1H3,(H,24,28)(H,22,23,26). The number of amides is 1. The Morgan fingerprint density at radius 1 is 1.09 bits per heavy atom. The van der Waals surface area contributed by atoms with Gasteiger partial charge in [0.05, 0.1) is 16.1 Å². The minimum absolute atomic E-state index is 0.00317. The maximum atomic E-state index is 13.8. The summed E-state index contributed by atoms with van der Waals surface area (Å²) < 4.78 is 41.6. The van der Waals surface area contributed by atoms with Crippen LogP contribution < -0.4 is 14.9 Å². The number of halogens is 1. The second-order valence-electron chi connectivity index (χ2n) is 6.69. The van der Waals surface area contributed by atoms with E-state index < -0.39 is 15.8 Å². The quantitative estimate of drug-likeness (QED) is 0.424. The predicted molar refractivity (Wildman–Crippen MR) is 121 cm³/mol. The lowest BCUT2D eigenvalue weighted by Gasteiger charge is -2.15. The molecule has 0 aliphatic heterocycles. The summed E-state index contributed by atoms with van der Waals surface area (Å²) in [6.07, 6.45) is 2.84. The number of hydrogen-bond acceptors (Lipinski definition) is 8. The molecule has 32 heavy (non-hydrogen) atoms. The predicted octanol–water partition coefficient (Wildman–Crippen LogP) is 3.10. The summed E-state index contributed by atoms with van der Waals surface area (Å²) in [6.45, 7) is -0.0195. The van der Waals surface area contributed by atoms with E-state index in [1.807, 2.05) is 0 Å². The first-order chi connectivity index (χ1) is 15.3. The molecule has 0 bridgehead atoms. The van der Waals surface area contributed by atoms with Gasteiger partial charge in [-0.15, -0.1) is 0 Å². The third kappa shape index (κ3) is 4.81. The van der Waals surface area contributed by atoms with Crippen LogP contribution in [0.4, 0.5) is 21.2 Å². The van der Waals surface area contributed by atoms with E-state index in [4.69, 9.17) is 0 Å². The highest BCUT2D eigenvalue weighted by Gasteiger charge is 2.17. The topological polar surface area (TPSA) is 117 Å². The number of hydrogen-bond donors (Lipinski definition) is 2. The van der Waals surface area contributed by atoms with Gasteiger partial charge in [0.15, 0.2) is 5.13 Å². The number of para-hydroxylation sites is 1. The van der Waals surface area contributed by atoms with Crippen LogP contribution in [0.25, 0.3) is 10.2 Å².